The Bertz CT molecular complexity index is 377. The molecule has 0 radical (unpaired) electrons. The number of aliphatic hydroxyl groups excluding tert-OH is 1. The van der Waals surface area contributed by atoms with Crippen LogP contribution in [-0.2, 0) is 11.2 Å². The number of hydrogen-bond donors (Lipinski definition) is 1. The van der Waals surface area contributed by atoms with E-state index in [1.54, 1.807) is 0 Å². The molecule has 0 amide bonds. The normalized spacial score (nSPS) is 22.4. The predicted molar refractivity (Wildman–Crippen MR) is 77.3 cm³/mol. The Kier molecular flexibility index (Phi) is 5.37. The lowest BCUT2D eigenvalue weighted by Crippen LogP contribution is -2.46. The molecule has 2 atom stereocenters. The van der Waals surface area contributed by atoms with Crippen molar-refractivity contribution in [3.05, 3.63) is 35.4 Å². The highest BCUT2D eigenvalue weighted by atomic mass is 16.5. The monoisotopic (exact) mass is 263 g/mol. The molecule has 1 saturated heterocycles. The SMILES string of the molecule is CCc1ccc(C(O)CN2CCOCC2CC)cc1. The minimum absolute atomic E-state index is 0.405. The van der Waals surface area contributed by atoms with Crippen LogP contribution in [-0.4, -0.2) is 42.4 Å². The van der Waals surface area contributed by atoms with Gasteiger partial charge in [0.05, 0.1) is 19.3 Å². The van der Waals surface area contributed by atoms with Crippen molar-refractivity contribution in [3.63, 3.8) is 0 Å². The minimum Gasteiger partial charge on any atom is -0.387 e. The van der Waals surface area contributed by atoms with Crippen LogP contribution in [0.3, 0.4) is 0 Å². The van der Waals surface area contributed by atoms with Gasteiger partial charge in [0.1, 0.15) is 0 Å². The highest BCUT2D eigenvalue weighted by Crippen LogP contribution is 2.19. The molecular weight excluding hydrogens is 238 g/mol. The Labute approximate surface area is 116 Å². The number of β-amino-alcohol motifs (C(OH)–C–C–N with tert-alkyl or cyclic N) is 1. The number of morpholine rings is 1. The molecule has 1 aliphatic heterocycles. The average Bonchev–Trinajstić information content (AvgIpc) is 2.48. The third-order valence-corrected chi connectivity index (χ3v) is 4.00. The van der Waals surface area contributed by atoms with E-state index < -0.39 is 6.10 Å². The van der Waals surface area contributed by atoms with Gasteiger partial charge in [-0.3, -0.25) is 4.90 Å². The topological polar surface area (TPSA) is 32.7 Å². The zero-order valence-electron chi connectivity index (χ0n) is 12.0. The Balaban J connectivity index is 1.96. The standard InChI is InChI=1S/C16H25NO2/c1-3-13-5-7-14(8-6-13)16(18)11-17-9-10-19-12-15(17)4-2/h5-8,15-16,18H,3-4,9-12H2,1-2H3. The summed E-state index contributed by atoms with van der Waals surface area (Å²) in [6.45, 7) is 7.51. The van der Waals surface area contributed by atoms with E-state index in [-0.39, 0.29) is 0 Å². The number of aliphatic hydroxyl groups is 1. The van der Waals surface area contributed by atoms with Gasteiger partial charge in [-0.2, -0.15) is 0 Å². The summed E-state index contributed by atoms with van der Waals surface area (Å²) in [4.78, 5) is 2.35. The summed E-state index contributed by atoms with van der Waals surface area (Å²) in [6, 6.07) is 8.75. The molecule has 1 N–H and O–H groups in total. The Morgan fingerprint density at radius 2 is 2.05 bits per heavy atom. The van der Waals surface area contributed by atoms with Crippen LogP contribution >= 0.6 is 0 Å². The van der Waals surface area contributed by atoms with Crippen molar-refractivity contribution in [2.45, 2.75) is 38.8 Å². The van der Waals surface area contributed by atoms with E-state index in [1.165, 1.54) is 5.56 Å². The molecule has 1 aromatic rings. The van der Waals surface area contributed by atoms with E-state index in [1.807, 2.05) is 12.1 Å². The van der Waals surface area contributed by atoms with Crippen LogP contribution in [0.4, 0.5) is 0 Å². The van der Waals surface area contributed by atoms with Gasteiger partial charge in [0.25, 0.3) is 0 Å². The Morgan fingerprint density at radius 3 is 2.68 bits per heavy atom. The van der Waals surface area contributed by atoms with Crippen molar-refractivity contribution >= 4 is 0 Å². The molecule has 0 aromatic heterocycles. The maximum Gasteiger partial charge on any atom is 0.0917 e. The number of hydrogen-bond acceptors (Lipinski definition) is 3. The Morgan fingerprint density at radius 1 is 1.32 bits per heavy atom. The fourth-order valence-corrected chi connectivity index (χ4v) is 2.61. The molecule has 106 valence electrons. The molecule has 0 spiro atoms. The van der Waals surface area contributed by atoms with Gasteiger partial charge in [-0.05, 0) is 24.0 Å². The lowest BCUT2D eigenvalue weighted by molar-refractivity contribution is -0.0277. The molecule has 3 heteroatoms. The van der Waals surface area contributed by atoms with E-state index in [9.17, 15) is 5.11 Å². The zero-order chi connectivity index (χ0) is 13.7. The maximum absolute atomic E-state index is 10.4. The average molecular weight is 263 g/mol. The first-order valence-electron chi connectivity index (χ1n) is 7.33. The van der Waals surface area contributed by atoms with Gasteiger partial charge in [-0.25, -0.2) is 0 Å². The molecular formula is C16H25NO2. The third-order valence-electron chi connectivity index (χ3n) is 4.00. The zero-order valence-corrected chi connectivity index (χ0v) is 12.0. The summed E-state index contributed by atoms with van der Waals surface area (Å²) in [6.07, 6.45) is 1.71. The lowest BCUT2D eigenvalue weighted by atomic mass is 10.0. The van der Waals surface area contributed by atoms with Crippen molar-refractivity contribution in [3.8, 4) is 0 Å². The van der Waals surface area contributed by atoms with Gasteiger partial charge in [0, 0.05) is 19.1 Å². The number of ether oxygens (including phenoxy) is 1. The van der Waals surface area contributed by atoms with Crippen molar-refractivity contribution in [2.24, 2.45) is 0 Å². The van der Waals surface area contributed by atoms with E-state index in [2.05, 4.69) is 30.9 Å². The van der Waals surface area contributed by atoms with Crippen LogP contribution in [0, 0.1) is 0 Å². The molecule has 1 aromatic carbocycles. The first kappa shape index (κ1) is 14.5. The van der Waals surface area contributed by atoms with E-state index in [0.29, 0.717) is 12.6 Å². The van der Waals surface area contributed by atoms with Crippen LogP contribution < -0.4 is 0 Å². The molecule has 1 fully saturated rings. The molecule has 0 aliphatic carbocycles. The molecule has 3 nitrogen and oxygen atoms in total. The van der Waals surface area contributed by atoms with Crippen LogP contribution in [0.1, 0.15) is 37.5 Å². The van der Waals surface area contributed by atoms with Gasteiger partial charge in [0.15, 0.2) is 0 Å². The van der Waals surface area contributed by atoms with Crippen LogP contribution in [0.25, 0.3) is 0 Å². The van der Waals surface area contributed by atoms with Crippen molar-refractivity contribution in [2.75, 3.05) is 26.3 Å². The fraction of sp³-hybridized carbons (Fsp3) is 0.625. The summed E-state index contributed by atoms with van der Waals surface area (Å²) in [7, 11) is 0. The maximum atomic E-state index is 10.4. The number of rotatable bonds is 5. The first-order valence-corrected chi connectivity index (χ1v) is 7.33. The quantitative estimate of drug-likeness (QED) is 0.885. The number of nitrogens with zero attached hydrogens (tertiary/aromatic N) is 1. The van der Waals surface area contributed by atoms with Crippen molar-refractivity contribution < 1.29 is 9.84 Å². The lowest BCUT2D eigenvalue weighted by Gasteiger charge is -2.36. The number of benzene rings is 1. The van der Waals surface area contributed by atoms with Gasteiger partial charge in [-0.15, -0.1) is 0 Å². The fourth-order valence-electron chi connectivity index (χ4n) is 2.61. The molecule has 2 rings (SSSR count). The molecule has 19 heavy (non-hydrogen) atoms. The minimum atomic E-state index is -0.405. The van der Waals surface area contributed by atoms with Gasteiger partial charge < -0.3 is 9.84 Å². The molecule has 2 unspecified atom stereocenters. The summed E-state index contributed by atoms with van der Waals surface area (Å²) in [5.74, 6) is 0. The predicted octanol–water partition coefficient (Wildman–Crippen LogP) is 2.39. The first-order chi connectivity index (χ1) is 9.24. The summed E-state index contributed by atoms with van der Waals surface area (Å²) in [5, 5.41) is 10.4. The molecule has 1 aliphatic rings. The summed E-state index contributed by atoms with van der Waals surface area (Å²) < 4.78 is 5.50. The van der Waals surface area contributed by atoms with Gasteiger partial charge in [-0.1, -0.05) is 38.1 Å². The van der Waals surface area contributed by atoms with Crippen molar-refractivity contribution in [1.82, 2.24) is 4.90 Å². The number of aryl methyl sites for hydroxylation is 1. The summed E-state index contributed by atoms with van der Waals surface area (Å²) in [5.41, 5.74) is 2.33. The second-order valence-electron chi connectivity index (χ2n) is 5.24. The summed E-state index contributed by atoms with van der Waals surface area (Å²) >= 11 is 0. The van der Waals surface area contributed by atoms with Gasteiger partial charge >= 0.3 is 0 Å². The largest absolute Gasteiger partial charge is 0.387 e. The molecule has 0 saturated carbocycles. The van der Waals surface area contributed by atoms with E-state index in [4.69, 9.17) is 4.74 Å². The van der Waals surface area contributed by atoms with E-state index in [0.717, 1.165) is 38.2 Å². The highest BCUT2D eigenvalue weighted by Gasteiger charge is 2.23. The second kappa shape index (κ2) is 7.04. The van der Waals surface area contributed by atoms with E-state index >= 15 is 0 Å². The van der Waals surface area contributed by atoms with Crippen LogP contribution in [0.5, 0.6) is 0 Å². The third kappa shape index (κ3) is 3.78. The van der Waals surface area contributed by atoms with Gasteiger partial charge in [0.2, 0.25) is 0 Å². The highest BCUT2D eigenvalue weighted by molar-refractivity contribution is 5.24. The van der Waals surface area contributed by atoms with Crippen LogP contribution in [0.15, 0.2) is 24.3 Å². The molecule has 0 bridgehead atoms. The van der Waals surface area contributed by atoms with Crippen molar-refractivity contribution in [1.29, 1.82) is 0 Å². The second-order valence-corrected chi connectivity index (χ2v) is 5.24. The smallest absolute Gasteiger partial charge is 0.0917 e. The Hall–Kier alpha value is -0.900. The van der Waals surface area contributed by atoms with Crippen LogP contribution in [0.2, 0.25) is 0 Å². The molecule has 1 heterocycles.